The van der Waals surface area contributed by atoms with Crippen LogP contribution in [0.1, 0.15) is 0 Å². The second-order valence-electron chi connectivity index (χ2n) is 15.6. The van der Waals surface area contributed by atoms with Crippen LogP contribution in [0, 0.1) is 0 Å². The summed E-state index contributed by atoms with van der Waals surface area (Å²) in [5, 5.41) is 8.74. The fourth-order valence-electron chi connectivity index (χ4n) is 9.18. The van der Waals surface area contributed by atoms with E-state index in [0.717, 1.165) is 88.4 Å². The van der Waals surface area contributed by atoms with E-state index in [1.54, 1.807) is 0 Å². The number of nitrogens with zero attached hydrogens (tertiary/aromatic N) is 4. The van der Waals surface area contributed by atoms with Gasteiger partial charge in [-0.25, -0.2) is 15.0 Å². The Morgan fingerprint density at radius 2 is 0.967 bits per heavy atom. The van der Waals surface area contributed by atoms with Gasteiger partial charge in [0, 0.05) is 49.0 Å². The lowest BCUT2D eigenvalue weighted by molar-refractivity contribution is 0.666. The van der Waals surface area contributed by atoms with Crippen molar-refractivity contribution in [3.05, 3.63) is 194 Å². The molecule has 0 unspecified atom stereocenters. The van der Waals surface area contributed by atoms with Crippen LogP contribution in [-0.2, 0) is 0 Å². The van der Waals surface area contributed by atoms with Gasteiger partial charge in [0.1, 0.15) is 16.7 Å². The standard InChI is InChI=1S/C55H32N4O2/c1-2-13-33(14-3-1)34-17-12-18-37(29-34)53-56-54(38-25-28-50-44(31-38)40-20-7-10-23-48(40)60-50)58-55(57-53)42-26-27-46(52-51(42)41-21-8-11-24-49(41)61-52)59-45-22-9-6-19-39(45)43-30-35-15-4-5-16-36(35)32-47(43)59/h1-32H. The van der Waals surface area contributed by atoms with Crippen molar-refractivity contribution in [2.75, 3.05) is 0 Å². The van der Waals surface area contributed by atoms with Gasteiger partial charge >= 0.3 is 0 Å². The second kappa shape index (κ2) is 13.1. The van der Waals surface area contributed by atoms with E-state index in [0.29, 0.717) is 17.5 Å². The van der Waals surface area contributed by atoms with Crippen LogP contribution >= 0.6 is 0 Å². The predicted octanol–water partition coefficient (Wildman–Crippen LogP) is 14.6. The first-order valence-corrected chi connectivity index (χ1v) is 20.4. The Hall–Kier alpha value is -8.35. The Labute approximate surface area is 348 Å². The molecule has 0 amide bonds. The number of hydrogen-bond acceptors (Lipinski definition) is 5. The van der Waals surface area contributed by atoms with Gasteiger partial charge in [0.25, 0.3) is 0 Å². The van der Waals surface area contributed by atoms with Crippen LogP contribution in [0.3, 0.4) is 0 Å². The molecule has 0 bridgehead atoms. The van der Waals surface area contributed by atoms with Crippen LogP contribution in [0.15, 0.2) is 203 Å². The SMILES string of the molecule is c1ccc(-c2cccc(-c3nc(-c4ccc5oc6ccccc6c5c4)nc(-c4ccc(-n5c6ccccc6c6cc7ccccc7cc65)c5oc6ccccc6c45)n3)c2)cc1. The molecule has 0 aliphatic heterocycles. The molecule has 0 atom stereocenters. The molecule has 0 N–H and O–H groups in total. The number of rotatable bonds is 5. The first-order chi connectivity index (χ1) is 30.2. The molecule has 4 aromatic heterocycles. The van der Waals surface area contributed by atoms with E-state index in [1.165, 1.54) is 21.5 Å². The van der Waals surface area contributed by atoms with E-state index < -0.39 is 0 Å². The van der Waals surface area contributed by atoms with Gasteiger partial charge in [-0.2, -0.15) is 0 Å². The van der Waals surface area contributed by atoms with Crippen LogP contribution in [0.2, 0.25) is 0 Å². The maximum atomic E-state index is 6.93. The van der Waals surface area contributed by atoms with Crippen molar-refractivity contribution < 1.29 is 8.83 Å². The van der Waals surface area contributed by atoms with Crippen molar-refractivity contribution >= 4 is 76.5 Å². The van der Waals surface area contributed by atoms with E-state index in [1.807, 2.05) is 48.5 Å². The highest BCUT2D eigenvalue weighted by molar-refractivity contribution is 6.18. The predicted molar refractivity (Wildman–Crippen MR) is 248 cm³/mol. The van der Waals surface area contributed by atoms with Crippen molar-refractivity contribution in [3.63, 3.8) is 0 Å². The quantitative estimate of drug-likeness (QED) is 0.174. The van der Waals surface area contributed by atoms with Crippen molar-refractivity contribution in [1.29, 1.82) is 0 Å². The number of fused-ring (bicyclic) bond motifs is 10. The highest BCUT2D eigenvalue weighted by Gasteiger charge is 2.23. The second-order valence-corrected chi connectivity index (χ2v) is 15.6. The monoisotopic (exact) mass is 780 g/mol. The zero-order valence-corrected chi connectivity index (χ0v) is 32.6. The van der Waals surface area contributed by atoms with E-state index in [4.69, 9.17) is 23.8 Å². The topological polar surface area (TPSA) is 69.9 Å². The van der Waals surface area contributed by atoms with Gasteiger partial charge in [-0.15, -0.1) is 0 Å². The van der Waals surface area contributed by atoms with Gasteiger partial charge in [-0.3, -0.25) is 0 Å². The number of hydrogen-bond donors (Lipinski definition) is 0. The summed E-state index contributed by atoms with van der Waals surface area (Å²) in [6.45, 7) is 0. The summed E-state index contributed by atoms with van der Waals surface area (Å²) in [7, 11) is 0. The summed E-state index contributed by atoms with van der Waals surface area (Å²) in [5.74, 6) is 1.70. The first kappa shape index (κ1) is 33.6. The largest absolute Gasteiger partial charge is 0.456 e. The molecule has 0 spiro atoms. The summed E-state index contributed by atoms with van der Waals surface area (Å²) >= 11 is 0. The van der Waals surface area contributed by atoms with Gasteiger partial charge in [0.05, 0.1) is 16.7 Å². The fourth-order valence-corrected chi connectivity index (χ4v) is 9.18. The number of aromatic nitrogens is 4. The van der Waals surface area contributed by atoms with Crippen LogP contribution in [0.25, 0.3) is 127 Å². The molecule has 0 fully saturated rings. The highest BCUT2D eigenvalue weighted by Crippen LogP contribution is 2.43. The van der Waals surface area contributed by atoms with E-state index >= 15 is 0 Å². The molecule has 13 rings (SSSR count). The van der Waals surface area contributed by atoms with Gasteiger partial charge in [0.2, 0.25) is 0 Å². The summed E-state index contributed by atoms with van der Waals surface area (Å²) < 4.78 is 15.5. The maximum absolute atomic E-state index is 6.93. The molecule has 6 heteroatoms. The van der Waals surface area contributed by atoms with Crippen molar-refractivity contribution in [2.45, 2.75) is 0 Å². The molecule has 284 valence electrons. The van der Waals surface area contributed by atoms with Gasteiger partial charge in [0.15, 0.2) is 23.1 Å². The molecule has 13 aromatic rings. The van der Waals surface area contributed by atoms with E-state index in [-0.39, 0.29) is 0 Å². The minimum absolute atomic E-state index is 0.554. The minimum atomic E-state index is 0.554. The highest BCUT2D eigenvalue weighted by atomic mass is 16.3. The Kier molecular flexibility index (Phi) is 7.21. The van der Waals surface area contributed by atoms with E-state index in [9.17, 15) is 0 Å². The van der Waals surface area contributed by atoms with Crippen LogP contribution < -0.4 is 0 Å². The molecule has 0 saturated carbocycles. The normalized spacial score (nSPS) is 11.9. The summed E-state index contributed by atoms with van der Waals surface area (Å²) in [6, 6.07) is 67.4. The Bertz CT molecular complexity index is 3900. The molecule has 61 heavy (non-hydrogen) atoms. The van der Waals surface area contributed by atoms with Gasteiger partial charge < -0.3 is 13.4 Å². The fraction of sp³-hybridized carbons (Fsp3) is 0. The number of para-hydroxylation sites is 3. The van der Waals surface area contributed by atoms with Gasteiger partial charge in [-0.1, -0.05) is 127 Å². The Morgan fingerprint density at radius 3 is 1.80 bits per heavy atom. The zero-order chi connectivity index (χ0) is 40.0. The molecular weight excluding hydrogens is 749 g/mol. The zero-order valence-electron chi connectivity index (χ0n) is 32.6. The number of benzene rings is 9. The van der Waals surface area contributed by atoms with Crippen molar-refractivity contribution in [1.82, 2.24) is 19.5 Å². The average molecular weight is 781 g/mol. The lowest BCUT2D eigenvalue weighted by Crippen LogP contribution is -2.01. The van der Waals surface area contributed by atoms with Crippen LogP contribution in [0.5, 0.6) is 0 Å². The van der Waals surface area contributed by atoms with Crippen LogP contribution in [0.4, 0.5) is 0 Å². The molecule has 6 nitrogen and oxygen atoms in total. The molecule has 4 heterocycles. The molecular formula is C55H32N4O2. The molecule has 9 aromatic carbocycles. The maximum Gasteiger partial charge on any atom is 0.164 e. The molecule has 0 aliphatic rings. The summed E-state index contributed by atoms with van der Waals surface area (Å²) in [6.07, 6.45) is 0. The minimum Gasteiger partial charge on any atom is -0.456 e. The first-order valence-electron chi connectivity index (χ1n) is 20.4. The third-order valence-corrected chi connectivity index (χ3v) is 12.0. The lowest BCUT2D eigenvalue weighted by atomic mass is 10.0. The smallest absolute Gasteiger partial charge is 0.164 e. The molecule has 0 radical (unpaired) electrons. The molecule has 0 aliphatic carbocycles. The Morgan fingerprint density at radius 1 is 0.344 bits per heavy atom. The third-order valence-electron chi connectivity index (χ3n) is 12.0. The lowest BCUT2D eigenvalue weighted by Gasteiger charge is -2.13. The summed E-state index contributed by atoms with van der Waals surface area (Å²) in [5.41, 5.74) is 11.2. The number of furan rings is 2. The van der Waals surface area contributed by atoms with Crippen molar-refractivity contribution in [3.8, 4) is 51.0 Å². The van der Waals surface area contributed by atoms with Crippen molar-refractivity contribution in [2.24, 2.45) is 0 Å². The third kappa shape index (κ3) is 5.26. The average Bonchev–Trinajstić information content (AvgIpc) is 4.00. The summed E-state index contributed by atoms with van der Waals surface area (Å²) in [4.78, 5) is 15.8. The Balaban J connectivity index is 1.08. The molecule has 0 saturated heterocycles. The van der Waals surface area contributed by atoms with Gasteiger partial charge in [-0.05, 0) is 88.6 Å². The van der Waals surface area contributed by atoms with E-state index in [2.05, 4.69) is 150 Å². The van der Waals surface area contributed by atoms with Crippen LogP contribution in [-0.4, -0.2) is 19.5 Å².